The van der Waals surface area contributed by atoms with E-state index >= 15 is 0 Å². The molecule has 3 aliphatic rings. The summed E-state index contributed by atoms with van der Waals surface area (Å²) in [7, 11) is 0. The third-order valence-corrected chi connectivity index (χ3v) is 7.35. The van der Waals surface area contributed by atoms with E-state index in [9.17, 15) is 9.59 Å². The summed E-state index contributed by atoms with van der Waals surface area (Å²) in [5.74, 6) is 0.594. The minimum absolute atomic E-state index is 0.0807. The molecule has 1 amide bonds. The first-order chi connectivity index (χ1) is 16.5. The molecule has 0 radical (unpaired) electrons. The minimum Gasteiger partial charge on any atom is -0.325 e. The molecule has 0 aromatic heterocycles. The lowest BCUT2D eigenvalue weighted by molar-refractivity contribution is -0.113. The first-order valence-corrected chi connectivity index (χ1v) is 12.6. The zero-order valence-electron chi connectivity index (χ0n) is 19.4. The van der Waals surface area contributed by atoms with Crippen molar-refractivity contribution in [1.82, 2.24) is 19.3 Å². The Morgan fingerprint density at radius 2 is 1.88 bits per heavy atom. The summed E-state index contributed by atoms with van der Waals surface area (Å²) in [5.41, 5.74) is 5.20. The van der Waals surface area contributed by atoms with E-state index in [0.29, 0.717) is 11.4 Å². The number of hydrogen-bond acceptors (Lipinski definition) is 5. The molecule has 0 saturated heterocycles. The molecule has 5 rings (SSSR count). The molecule has 0 saturated carbocycles. The van der Waals surface area contributed by atoms with E-state index < -0.39 is 0 Å². The average molecular weight is 474 g/mol. The van der Waals surface area contributed by atoms with Gasteiger partial charge in [0, 0.05) is 17.9 Å². The van der Waals surface area contributed by atoms with Crippen LogP contribution in [0.3, 0.4) is 0 Å². The van der Waals surface area contributed by atoms with Crippen LogP contribution in [0.15, 0.2) is 58.5 Å². The molecule has 0 bridgehead atoms. The maximum absolute atomic E-state index is 13.3. The predicted molar refractivity (Wildman–Crippen MR) is 135 cm³/mol. The Labute approximate surface area is 202 Å². The Balaban J connectivity index is 1.48. The van der Waals surface area contributed by atoms with Crippen molar-refractivity contribution in [1.29, 1.82) is 0 Å². The van der Waals surface area contributed by atoms with Gasteiger partial charge in [0.25, 0.3) is 5.56 Å². The third kappa shape index (κ3) is 4.25. The van der Waals surface area contributed by atoms with Crippen molar-refractivity contribution in [2.75, 3.05) is 11.1 Å². The topological polar surface area (TPSA) is 81.8 Å². The van der Waals surface area contributed by atoms with Gasteiger partial charge < -0.3 is 9.88 Å². The van der Waals surface area contributed by atoms with Crippen LogP contribution in [0, 0.1) is 13.8 Å². The van der Waals surface area contributed by atoms with E-state index in [2.05, 4.69) is 15.0 Å². The summed E-state index contributed by atoms with van der Waals surface area (Å²) in [5, 5.41) is 8.32. The van der Waals surface area contributed by atoms with Crippen molar-refractivity contribution in [3.63, 3.8) is 0 Å². The fourth-order valence-corrected chi connectivity index (χ4v) is 5.25. The molecule has 174 valence electrons. The van der Waals surface area contributed by atoms with Gasteiger partial charge in [0.05, 0.1) is 11.4 Å². The van der Waals surface area contributed by atoms with Gasteiger partial charge in [-0.25, -0.2) is 4.98 Å². The highest BCUT2D eigenvalue weighted by Gasteiger charge is 2.27. The van der Waals surface area contributed by atoms with Crippen LogP contribution < -0.4 is 10.9 Å². The van der Waals surface area contributed by atoms with E-state index in [-0.39, 0.29) is 17.2 Å². The third-order valence-electron chi connectivity index (χ3n) is 6.38. The van der Waals surface area contributed by atoms with Crippen LogP contribution in [-0.4, -0.2) is 31.0 Å². The highest BCUT2D eigenvalue weighted by molar-refractivity contribution is 7.99. The zero-order valence-corrected chi connectivity index (χ0v) is 20.2. The standard InChI is InChI=1S/C26H27N5O2S/c1-17-10-9-13-20(18(17)2)27-22(32)16-34-26-28-24-23(21-14-7-4-8-15-30(21)26)25(33)31(29-24)19-11-5-3-6-12-19/h3,5-6,9-13H,4,7-8,14-16H2,1-2H3,(H,27,32). The zero-order chi connectivity index (χ0) is 23.7. The fraction of sp³-hybridized carbons (Fsp3) is 0.308. The first kappa shape index (κ1) is 22.4. The quantitative estimate of drug-likeness (QED) is 0.338. The van der Waals surface area contributed by atoms with Crippen LogP contribution in [-0.2, 0) is 17.8 Å². The van der Waals surface area contributed by atoms with E-state index in [1.165, 1.54) is 16.4 Å². The maximum Gasteiger partial charge on any atom is 0.284 e. The van der Waals surface area contributed by atoms with Crippen molar-refractivity contribution in [3.05, 3.63) is 75.7 Å². The lowest BCUT2D eigenvalue weighted by atomic mass is 10.1. The summed E-state index contributed by atoms with van der Waals surface area (Å²) in [6.45, 7) is 4.83. The van der Waals surface area contributed by atoms with Gasteiger partial charge in [-0.2, -0.15) is 4.68 Å². The Morgan fingerprint density at radius 3 is 2.71 bits per heavy atom. The number of nitrogens with zero attached hydrogens (tertiary/aromatic N) is 4. The van der Waals surface area contributed by atoms with E-state index in [1.807, 2.05) is 62.4 Å². The number of hydrogen-bond donors (Lipinski definition) is 1. The van der Waals surface area contributed by atoms with Gasteiger partial charge in [0.15, 0.2) is 11.0 Å². The summed E-state index contributed by atoms with van der Waals surface area (Å²) in [6.07, 6.45) is 3.94. The van der Waals surface area contributed by atoms with E-state index in [4.69, 9.17) is 4.98 Å². The van der Waals surface area contributed by atoms with Gasteiger partial charge in [0.2, 0.25) is 5.91 Å². The fourth-order valence-electron chi connectivity index (χ4n) is 4.41. The van der Waals surface area contributed by atoms with Crippen molar-refractivity contribution < 1.29 is 4.79 Å². The summed E-state index contributed by atoms with van der Waals surface area (Å²) < 4.78 is 3.56. The van der Waals surface area contributed by atoms with E-state index in [1.54, 1.807) is 0 Å². The number of nitrogens with one attached hydrogen (secondary N) is 1. The highest BCUT2D eigenvalue weighted by Crippen LogP contribution is 2.30. The number of carbonyl (C=O) groups is 1. The number of para-hydroxylation sites is 1. The van der Waals surface area contributed by atoms with Gasteiger partial charge in [0.1, 0.15) is 5.56 Å². The lowest BCUT2D eigenvalue weighted by Crippen LogP contribution is -2.20. The molecule has 8 heteroatoms. The summed E-state index contributed by atoms with van der Waals surface area (Å²) in [4.78, 5) is 30.8. The first-order valence-electron chi connectivity index (χ1n) is 11.6. The largest absolute Gasteiger partial charge is 0.325 e. The number of amides is 1. The Kier molecular flexibility index (Phi) is 6.24. The predicted octanol–water partition coefficient (Wildman–Crippen LogP) is 4.61. The molecule has 3 heterocycles. The van der Waals surface area contributed by atoms with Gasteiger partial charge in [-0.3, -0.25) is 9.59 Å². The molecule has 34 heavy (non-hydrogen) atoms. The summed E-state index contributed by atoms with van der Waals surface area (Å²) in [6, 6.07) is 15.3. The van der Waals surface area contributed by atoms with Crippen molar-refractivity contribution in [2.24, 2.45) is 0 Å². The maximum atomic E-state index is 13.3. The molecule has 2 aromatic carbocycles. The number of anilines is 1. The molecule has 0 unspecified atom stereocenters. The number of rotatable bonds is 5. The number of aryl methyl sites for hydroxylation is 1. The highest BCUT2D eigenvalue weighted by atomic mass is 32.2. The SMILES string of the molecule is Cc1cccc(NC(=O)CSc2nc3nn(-c4ccccc4)c(=O)c-3c3n2CCCCC3)c1C. The lowest BCUT2D eigenvalue weighted by Gasteiger charge is -2.17. The smallest absolute Gasteiger partial charge is 0.284 e. The molecule has 0 fully saturated rings. The Hall–Kier alpha value is -3.39. The van der Waals surface area contributed by atoms with Crippen LogP contribution >= 0.6 is 11.8 Å². The molecule has 0 aliphatic carbocycles. The molecule has 3 aliphatic heterocycles. The average Bonchev–Trinajstić information content (AvgIpc) is 3.00. The molecule has 2 aromatic rings. The van der Waals surface area contributed by atoms with Crippen molar-refractivity contribution in [2.45, 2.75) is 51.2 Å². The summed E-state index contributed by atoms with van der Waals surface area (Å²) >= 11 is 1.40. The van der Waals surface area contributed by atoms with E-state index in [0.717, 1.165) is 65.6 Å². The minimum atomic E-state index is -0.136. The van der Waals surface area contributed by atoms with Crippen LogP contribution in [0.2, 0.25) is 0 Å². The second-order valence-corrected chi connectivity index (χ2v) is 9.58. The van der Waals surface area contributed by atoms with Gasteiger partial charge in [-0.05, 0) is 62.4 Å². The number of aromatic nitrogens is 4. The van der Waals surface area contributed by atoms with Crippen molar-refractivity contribution >= 4 is 23.4 Å². The monoisotopic (exact) mass is 473 g/mol. The van der Waals surface area contributed by atoms with Crippen LogP contribution in [0.1, 0.15) is 36.1 Å². The number of benzene rings is 2. The second-order valence-electron chi connectivity index (χ2n) is 8.64. The molecule has 7 nitrogen and oxygen atoms in total. The Morgan fingerprint density at radius 1 is 1.06 bits per heavy atom. The van der Waals surface area contributed by atoms with Crippen LogP contribution in [0.4, 0.5) is 5.69 Å². The van der Waals surface area contributed by atoms with Gasteiger partial charge in [-0.15, -0.1) is 5.10 Å². The molecular weight excluding hydrogens is 446 g/mol. The van der Waals surface area contributed by atoms with Crippen molar-refractivity contribution in [3.8, 4) is 17.1 Å². The normalized spacial score (nSPS) is 13.5. The number of thioether (sulfide) groups is 1. The molecule has 0 spiro atoms. The van der Waals surface area contributed by atoms with Crippen LogP contribution in [0.5, 0.6) is 0 Å². The second kappa shape index (κ2) is 9.46. The number of fused-ring (bicyclic) bond motifs is 3. The molecule has 0 atom stereocenters. The number of carbonyl (C=O) groups excluding carboxylic acids is 1. The van der Waals surface area contributed by atoms with Crippen LogP contribution in [0.25, 0.3) is 17.1 Å². The molecule has 1 N–H and O–H groups in total. The molecular formula is C26H27N5O2S. The van der Waals surface area contributed by atoms with Gasteiger partial charge in [-0.1, -0.05) is 48.5 Å². The Bertz CT molecular complexity index is 1380. The van der Waals surface area contributed by atoms with Gasteiger partial charge >= 0.3 is 0 Å².